The van der Waals surface area contributed by atoms with Crippen LogP contribution in [0.3, 0.4) is 0 Å². The molecule has 1 aromatic heterocycles. The number of thioether (sulfide) groups is 1. The Bertz CT molecular complexity index is 829. The number of aromatic nitrogens is 2. The van der Waals surface area contributed by atoms with Crippen LogP contribution in [0.25, 0.3) is 0 Å². The summed E-state index contributed by atoms with van der Waals surface area (Å²) in [6, 6.07) is 19.5. The molecule has 2 aromatic carbocycles. The summed E-state index contributed by atoms with van der Waals surface area (Å²) in [4.78, 5) is 20.2. The monoisotopic (exact) mass is 323 g/mol. The van der Waals surface area contributed by atoms with E-state index in [1.165, 1.54) is 11.6 Å². The van der Waals surface area contributed by atoms with E-state index in [0.29, 0.717) is 11.7 Å². The number of aromatic amines is 1. The highest BCUT2D eigenvalue weighted by Gasteiger charge is 2.03. The van der Waals surface area contributed by atoms with Gasteiger partial charge in [0.15, 0.2) is 0 Å². The van der Waals surface area contributed by atoms with Crippen LogP contribution in [0.5, 0.6) is 0 Å². The van der Waals surface area contributed by atoms with Gasteiger partial charge in [-0.05, 0) is 31.2 Å². The Hall–Kier alpha value is -2.53. The summed E-state index contributed by atoms with van der Waals surface area (Å²) in [7, 11) is 0. The van der Waals surface area contributed by atoms with Crippen molar-refractivity contribution in [3.05, 3.63) is 82.3 Å². The number of para-hydroxylation sites is 1. The smallest absolute Gasteiger partial charge is 0.252 e. The average Bonchev–Trinajstić information content (AvgIpc) is 2.55. The summed E-state index contributed by atoms with van der Waals surface area (Å²) >= 11 is 1.66. The molecule has 0 aliphatic rings. The van der Waals surface area contributed by atoms with Crippen LogP contribution in [-0.4, -0.2) is 9.97 Å². The summed E-state index contributed by atoms with van der Waals surface area (Å²) in [6.45, 7) is 2.06. The van der Waals surface area contributed by atoms with E-state index in [-0.39, 0.29) is 5.56 Å². The maximum atomic E-state index is 11.8. The van der Waals surface area contributed by atoms with Gasteiger partial charge in [0.1, 0.15) is 0 Å². The number of aryl methyl sites for hydroxylation is 1. The van der Waals surface area contributed by atoms with Crippen molar-refractivity contribution < 1.29 is 0 Å². The lowest BCUT2D eigenvalue weighted by Crippen LogP contribution is -2.11. The molecule has 4 nitrogen and oxygen atoms in total. The SMILES string of the molecule is Cc1ccc(SCc2cc(=O)[nH]c(Nc3ccccc3)n2)cc1. The van der Waals surface area contributed by atoms with Crippen molar-refractivity contribution >= 4 is 23.4 Å². The third kappa shape index (κ3) is 4.47. The van der Waals surface area contributed by atoms with Gasteiger partial charge in [0.2, 0.25) is 5.95 Å². The first kappa shape index (κ1) is 15.4. The first-order valence-corrected chi connectivity index (χ1v) is 8.29. The fraction of sp³-hybridized carbons (Fsp3) is 0.111. The minimum Gasteiger partial charge on any atom is -0.326 e. The van der Waals surface area contributed by atoms with E-state index in [0.717, 1.165) is 16.3 Å². The molecule has 3 rings (SSSR count). The Kier molecular flexibility index (Phi) is 4.78. The van der Waals surface area contributed by atoms with Crippen molar-refractivity contribution in [3.63, 3.8) is 0 Å². The molecule has 1 heterocycles. The molecular weight excluding hydrogens is 306 g/mol. The third-order valence-electron chi connectivity index (χ3n) is 3.24. The van der Waals surface area contributed by atoms with Crippen molar-refractivity contribution in [3.8, 4) is 0 Å². The molecule has 0 bridgehead atoms. The van der Waals surface area contributed by atoms with Gasteiger partial charge in [-0.3, -0.25) is 9.78 Å². The highest BCUT2D eigenvalue weighted by Crippen LogP contribution is 2.22. The Morgan fingerprint density at radius 3 is 2.57 bits per heavy atom. The second kappa shape index (κ2) is 7.15. The maximum Gasteiger partial charge on any atom is 0.252 e. The lowest BCUT2D eigenvalue weighted by atomic mass is 10.2. The fourth-order valence-corrected chi connectivity index (χ4v) is 2.88. The zero-order chi connectivity index (χ0) is 16.1. The summed E-state index contributed by atoms with van der Waals surface area (Å²) in [6.07, 6.45) is 0. The molecule has 2 N–H and O–H groups in total. The van der Waals surface area contributed by atoms with Gasteiger partial charge < -0.3 is 5.32 Å². The van der Waals surface area contributed by atoms with Crippen LogP contribution >= 0.6 is 11.8 Å². The summed E-state index contributed by atoms with van der Waals surface area (Å²) in [5.41, 5.74) is 2.72. The largest absolute Gasteiger partial charge is 0.326 e. The van der Waals surface area contributed by atoms with Crippen LogP contribution in [0.2, 0.25) is 0 Å². The molecule has 0 aliphatic carbocycles. The maximum absolute atomic E-state index is 11.8. The first-order valence-electron chi connectivity index (χ1n) is 7.31. The van der Waals surface area contributed by atoms with Gasteiger partial charge in [-0.1, -0.05) is 35.9 Å². The normalized spacial score (nSPS) is 10.5. The number of anilines is 2. The number of hydrogen-bond acceptors (Lipinski definition) is 4. The molecule has 3 aromatic rings. The zero-order valence-corrected chi connectivity index (χ0v) is 13.6. The van der Waals surface area contributed by atoms with E-state index in [2.05, 4.69) is 46.5 Å². The predicted molar refractivity (Wildman–Crippen MR) is 95.3 cm³/mol. The van der Waals surface area contributed by atoms with Crippen molar-refractivity contribution in [2.24, 2.45) is 0 Å². The van der Waals surface area contributed by atoms with Crippen LogP contribution in [0.1, 0.15) is 11.3 Å². The Labute approximate surface area is 139 Å². The predicted octanol–water partition coefficient (Wildman–Crippen LogP) is 4.11. The topological polar surface area (TPSA) is 57.8 Å². The quantitative estimate of drug-likeness (QED) is 0.694. The van der Waals surface area contributed by atoms with Crippen LogP contribution in [0, 0.1) is 6.92 Å². The summed E-state index contributed by atoms with van der Waals surface area (Å²) < 4.78 is 0. The van der Waals surface area contributed by atoms with E-state index < -0.39 is 0 Å². The Morgan fingerprint density at radius 1 is 1.09 bits per heavy atom. The van der Waals surface area contributed by atoms with Crippen LogP contribution in [0.15, 0.2) is 70.4 Å². The lowest BCUT2D eigenvalue weighted by Gasteiger charge is -2.07. The van der Waals surface area contributed by atoms with E-state index in [1.807, 2.05) is 30.3 Å². The molecular formula is C18H17N3OS. The number of H-pyrrole nitrogens is 1. The van der Waals surface area contributed by atoms with Crippen molar-refractivity contribution in [1.29, 1.82) is 0 Å². The molecule has 0 saturated carbocycles. The highest BCUT2D eigenvalue weighted by molar-refractivity contribution is 7.98. The summed E-state index contributed by atoms with van der Waals surface area (Å²) in [5, 5.41) is 3.11. The minimum absolute atomic E-state index is 0.155. The van der Waals surface area contributed by atoms with Crippen LogP contribution in [0.4, 0.5) is 11.6 Å². The molecule has 0 saturated heterocycles. The fourth-order valence-electron chi connectivity index (χ4n) is 2.09. The van der Waals surface area contributed by atoms with Gasteiger partial charge in [0.25, 0.3) is 5.56 Å². The summed E-state index contributed by atoms with van der Waals surface area (Å²) in [5.74, 6) is 1.11. The van der Waals surface area contributed by atoms with Gasteiger partial charge in [-0.2, -0.15) is 0 Å². The molecule has 0 amide bonds. The average molecular weight is 323 g/mol. The molecule has 23 heavy (non-hydrogen) atoms. The molecule has 0 unspecified atom stereocenters. The van der Waals surface area contributed by atoms with E-state index >= 15 is 0 Å². The molecule has 0 aliphatic heterocycles. The van der Waals surface area contributed by atoms with Gasteiger partial charge in [-0.25, -0.2) is 4.98 Å². The van der Waals surface area contributed by atoms with Crippen molar-refractivity contribution in [2.45, 2.75) is 17.6 Å². The van der Waals surface area contributed by atoms with Gasteiger partial charge in [-0.15, -0.1) is 11.8 Å². The molecule has 116 valence electrons. The number of nitrogens with zero attached hydrogens (tertiary/aromatic N) is 1. The van der Waals surface area contributed by atoms with Gasteiger partial charge in [0, 0.05) is 22.4 Å². The Morgan fingerprint density at radius 2 is 1.83 bits per heavy atom. The standard InChI is InChI=1S/C18H17N3OS/c1-13-7-9-16(10-8-13)23-12-15-11-17(22)21-18(20-15)19-14-5-3-2-4-6-14/h2-11H,12H2,1H3,(H2,19,20,21,22). The van der Waals surface area contributed by atoms with Crippen LogP contribution < -0.4 is 10.9 Å². The van der Waals surface area contributed by atoms with E-state index in [1.54, 1.807) is 11.8 Å². The number of rotatable bonds is 5. The van der Waals surface area contributed by atoms with Crippen molar-refractivity contribution in [1.82, 2.24) is 9.97 Å². The lowest BCUT2D eigenvalue weighted by molar-refractivity contribution is 1.06. The van der Waals surface area contributed by atoms with E-state index in [9.17, 15) is 4.79 Å². The molecule has 0 spiro atoms. The second-order valence-electron chi connectivity index (χ2n) is 5.18. The Balaban J connectivity index is 1.72. The van der Waals surface area contributed by atoms with Gasteiger partial charge in [0.05, 0.1) is 5.69 Å². The first-order chi connectivity index (χ1) is 11.2. The molecule has 0 fully saturated rings. The zero-order valence-electron chi connectivity index (χ0n) is 12.7. The van der Waals surface area contributed by atoms with E-state index in [4.69, 9.17) is 0 Å². The number of benzene rings is 2. The van der Waals surface area contributed by atoms with Crippen molar-refractivity contribution in [2.75, 3.05) is 5.32 Å². The minimum atomic E-state index is -0.155. The molecule has 0 radical (unpaired) electrons. The number of nitrogens with one attached hydrogen (secondary N) is 2. The third-order valence-corrected chi connectivity index (χ3v) is 4.28. The highest BCUT2D eigenvalue weighted by atomic mass is 32.2. The molecule has 5 heteroatoms. The van der Waals surface area contributed by atoms with Crippen LogP contribution in [-0.2, 0) is 5.75 Å². The van der Waals surface area contributed by atoms with Gasteiger partial charge >= 0.3 is 0 Å². The second-order valence-corrected chi connectivity index (χ2v) is 6.23. The molecule has 0 atom stereocenters. The number of hydrogen-bond donors (Lipinski definition) is 2.